The van der Waals surface area contributed by atoms with E-state index < -0.39 is 12.0 Å². The maximum Gasteiger partial charge on any atom is 0.310 e. The second-order valence-corrected chi connectivity index (χ2v) is 7.85. The molecule has 168 valence electrons. The van der Waals surface area contributed by atoms with Gasteiger partial charge in [-0.15, -0.1) is 5.10 Å². The molecule has 33 heavy (non-hydrogen) atoms. The summed E-state index contributed by atoms with van der Waals surface area (Å²) in [6.07, 6.45) is 2.29. The number of ether oxygens (including phenoxy) is 1. The fraction of sp³-hybridized carbons (Fsp3) is 0.240. The van der Waals surface area contributed by atoms with Gasteiger partial charge in [-0.2, -0.15) is 0 Å². The molecule has 4 rings (SSSR count). The van der Waals surface area contributed by atoms with Crippen molar-refractivity contribution in [1.29, 1.82) is 0 Å². The number of methoxy groups -OCH3 is 1. The lowest BCUT2D eigenvalue weighted by Crippen LogP contribution is -2.39. The molecule has 8 nitrogen and oxygen atoms in total. The number of hydrogen-bond acceptors (Lipinski definition) is 6. The van der Waals surface area contributed by atoms with Crippen molar-refractivity contribution in [3.8, 4) is 0 Å². The summed E-state index contributed by atoms with van der Waals surface area (Å²) in [4.78, 5) is 25.6. The average Bonchev–Trinajstić information content (AvgIpc) is 3.39. The molecular weight excluding hydrogens is 418 g/mol. The van der Waals surface area contributed by atoms with Gasteiger partial charge < -0.3 is 10.1 Å². The van der Waals surface area contributed by atoms with Gasteiger partial charge >= 0.3 is 5.97 Å². The highest BCUT2D eigenvalue weighted by molar-refractivity contribution is 5.83. The number of carbonyl (C=O) groups excluding carboxylic acids is 2. The van der Waals surface area contributed by atoms with E-state index in [0.29, 0.717) is 12.8 Å². The summed E-state index contributed by atoms with van der Waals surface area (Å²) in [6, 6.07) is 23.2. The minimum absolute atomic E-state index is 0.145. The monoisotopic (exact) mass is 443 g/mol. The largest absolute Gasteiger partial charge is 0.469 e. The molecule has 0 fully saturated rings. The van der Waals surface area contributed by atoms with Crippen molar-refractivity contribution < 1.29 is 14.3 Å². The van der Waals surface area contributed by atoms with Gasteiger partial charge in [0.15, 0.2) is 0 Å². The lowest BCUT2D eigenvalue weighted by Gasteiger charge is -2.20. The van der Waals surface area contributed by atoms with E-state index in [1.54, 1.807) is 0 Å². The zero-order valence-electron chi connectivity index (χ0n) is 18.3. The Hall–Kier alpha value is -4.07. The van der Waals surface area contributed by atoms with Crippen molar-refractivity contribution in [2.45, 2.75) is 18.9 Å². The second-order valence-electron chi connectivity index (χ2n) is 7.85. The molecule has 1 heterocycles. The predicted octanol–water partition coefficient (Wildman–Crippen LogP) is 2.76. The van der Waals surface area contributed by atoms with Crippen molar-refractivity contribution in [3.05, 3.63) is 90.3 Å². The quantitative estimate of drug-likeness (QED) is 0.400. The van der Waals surface area contributed by atoms with Crippen LogP contribution in [0.1, 0.15) is 17.2 Å². The smallest absolute Gasteiger partial charge is 0.310 e. The summed E-state index contributed by atoms with van der Waals surface area (Å²) < 4.78 is 6.43. The van der Waals surface area contributed by atoms with Crippen LogP contribution >= 0.6 is 0 Å². The Morgan fingerprint density at radius 2 is 1.70 bits per heavy atom. The summed E-state index contributed by atoms with van der Waals surface area (Å²) in [5.74, 6) is -1.16. The van der Waals surface area contributed by atoms with E-state index in [1.165, 1.54) is 18.1 Å². The van der Waals surface area contributed by atoms with Gasteiger partial charge in [-0.25, -0.2) is 4.68 Å². The lowest BCUT2D eigenvalue weighted by molar-refractivity contribution is -0.145. The van der Waals surface area contributed by atoms with Gasteiger partial charge in [0.1, 0.15) is 12.4 Å². The zero-order chi connectivity index (χ0) is 23.0. The Bertz CT molecular complexity index is 1210. The van der Waals surface area contributed by atoms with Crippen molar-refractivity contribution in [2.75, 3.05) is 13.7 Å². The molecule has 2 unspecified atom stereocenters. The number of fused-ring (bicyclic) bond motifs is 1. The molecular formula is C25H25N5O3. The van der Waals surface area contributed by atoms with Crippen LogP contribution in [0.25, 0.3) is 10.8 Å². The minimum atomic E-state index is -0.638. The van der Waals surface area contributed by atoms with E-state index in [2.05, 4.69) is 26.9 Å². The molecule has 0 aliphatic carbocycles. The molecule has 3 aromatic carbocycles. The molecule has 0 bridgehead atoms. The maximum atomic E-state index is 13.1. The van der Waals surface area contributed by atoms with E-state index >= 15 is 0 Å². The van der Waals surface area contributed by atoms with Gasteiger partial charge in [0.2, 0.25) is 5.91 Å². The third kappa shape index (κ3) is 5.60. The van der Waals surface area contributed by atoms with Gasteiger partial charge in [0.05, 0.1) is 13.0 Å². The Balaban J connectivity index is 1.47. The number of benzene rings is 3. The van der Waals surface area contributed by atoms with Crippen LogP contribution in [0.3, 0.4) is 0 Å². The standard InChI is InChI=1S/C25H25N5O3/c1-33-25(32)22(14-19-11-12-20-9-5-6-10-21(20)13-19)16-26-24(31)23(30-17-27-28-29-30)15-18-7-3-2-4-8-18/h2-13,17,22-23H,14-16H2,1H3,(H,26,31). The van der Waals surface area contributed by atoms with Crippen LogP contribution in [-0.2, 0) is 27.2 Å². The molecule has 1 aromatic heterocycles. The summed E-state index contributed by atoms with van der Waals surface area (Å²) >= 11 is 0. The van der Waals surface area contributed by atoms with Gasteiger partial charge in [-0.1, -0.05) is 72.8 Å². The lowest BCUT2D eigenvalue weighted by atomic mass is 9.96. The highest BCUT2D eigenvalue weighted by atomic mass is 16.5. The number of aromatic nitrogens is 4. The van der Waals surface area contributed by atoms with Crippen molar-refractivity contribution >= 4 is 22.6 Å². The summed E-state index contributed by atoms with van der Waals surface area (Å²) in [5.41, 5.74) is 1.98. The predicted molar refractivity (Wildman–Crippen MR) is 123 cm³/mol. The Labute approximate surface area is 191 Å². The van der Waals surface area contributed by atoms with E-state index in [9.17, 15) is 9.59 Å². The SMILES string of the molecule is COC(=O)C(CNC(=O)C(Cc1ccccc1)n1cnnn1)Cc1ccc2ccccc2c1. The first kappa shape index (κ1) is 22.1. The third-order valence-electron chi connectivity index (χ3n) is 5.61. The number of nitrogens with zero attached hydrogens (tertiary/aromatic N) is 4. The molecule has 0 aliphatic rings. The highest BCUT2D eigenvalue weighted by Crippen LogP contribution is 2.19. The topological polar surface area (TPSA) is 99.0 Å². The summed E-state index contributed by atoms with van der Waals surface area (Å²) in [6.45, 7) is 0.145. The number of carbonyl (C=O) groups is 2. The summed E-state index contributed by atoms with van der Waals surface area (Å²) in [5, 5.41) is 16.4. The molecule has 0 saturated carbocycles. The third-order valence-corrected chi connectivity index (χ3v) is 5.61. The minimum Gasteiger partial charge on any atom is -0.469 e. The van der Waals surface area contributed by atoms with Crippen LogP contribution in [0, 0.1) is 5.92 Å². The van der Waals surface area contributed by atoms with Gasteiger partial charge in [-0.05, 0) is 38.7 Å². The Morgan fingerprint density at radius 1 is 0.939 bits per heavy atom. The molecule has 1 amide bonds. The molecule has 0 spiro atoms. The van der Waals surface area contributed by atoms with Crippen LogP contribution in [0.2, 0.25) is 0 Å². The molecule has 2 atom stereocenters. The van der Waals surface area contributed by atoms with Gasteiger partial charge in [-0.3, -0.25) is 9.59 Å². The van der Waals surface area contributed by atoms with Crippen LogP contribution in [-0.4, -0.2) is 45.7 Å². The normalized spacial score (nSPS) is 12.8. The zero-order valence-corrected chi connectivity index (χ0v) is 18.3. The molecule has 4 aromatic rings. The van der Waals surface area contributed by atoms with E-state index in [1.807, 2.05) is 66.7 Å². The average molecular weight is 444 g/mol. The molecule has 0 saturated heterocycles. The van der Waals surface area contributed by atoms with Gasteiger partial charge in [0.25, 0.3) is 0 Å². The Kier molecular flexibility index (Phi) is 7.04. The Morgan fingerprint density at radius 3 is 2.42 bits per heavy atom. The van der Waals surface area contributed by atoms with E-state index in [4.69, 9.17) is 4.74 Å². The van der Waals surface area contributed by atoms with E-state index in [0.717, 1.165) is 21.9 Å². The number of hydrogen-bond donors (Lipinski definition) is 1. The molecule has 1 N–H and O–H groups in total. The van der Waals surface area contributed by atoms with Crippen molar-refractivity contribution in [2.24, 2.45) is 5.92 Å². The van der Waals surface area contributed by atoms with Crippen molar-refractivity contribution in [1.82, 2.24) is 25.5 Å². The number of amides is 1. The van der Waals surface area contributed by atoms with E-state index in [-0.39, 0.29) is 18.4 Å². The maximum absolute atomic E-state index is 13.1. The van der Waals surface area contributed by atoms with Crippen LogP contribution < -0.4 is 5.32 Å². The fourth-order valence-corrected chi connectivity index (χ4v) is 3.85. The first-order chi connectivity index (χ1) is 16.1. The van der Waals surface area contributed by atoms with Crippen LogP contribution in [0.4, 0.5) is 0 Å². The second kappa shape index (κ2) is 10.5. The van der Waals surface area contributed by atoms with Crippen LogP contribution in [0.5, 0.6) is 0 Å². The summed E-state index contributed by atoms with van der Waals surface area (Å²) in [7, 11) is 1.36. The highest BCUT2D eigenvalue weighted by Gasteiger charge is 2.26. The van der Waals surface area contributed by atoms with Crippen molar-refractivity contribution in [3.63, 3.8) is 0 Å². The fourth-order valence-electron chi connectivity index (χ4n) is 3.85. The molecule has 0 radical (unpaired) electrons. The van der Waals surface area contributed by atoms with Gasteiger partial charge in [0, 0.05) is 13.0 Å². The first-order valence-electron chi connectivity index (χ1n) is 10.7. The van der Waals surface area contributed by atoms with Crippen LogP contribution in [0.15, 0.2) is 79.1 Å². The molecule has 0 aliphatic heterocycles. The number of rotatable bonds is 9. The first-order valence-corrected chi connectivity index (χ1v) is 10.7. The number of nitrogens with one attached hydrogen (secondary N) is 1. The number of esters is 1. The number of tetrazole rings is 1. The molecule has 8 heteroatoms.